The van der Waals surface area contributed by atoms with E-state index >= 15 is 0 Å². The lowest BCUT2D eigenvalue weighted by molar-refractivity contribution is 0.0184. The van der Waals surface area contributed by atoms with Gasteiger partial charge in [-0.05, 0) is 12.1 Å². The first kappa shape index (κ1) is 15.7. The van der Waals surface area contributed by atoms with Crippen molar-refractivity contribution in [2.24, 2.45) is 0 Å². The van der Waals surface area contributed by atoms with E-state index in [2.05, 4.69) is 5.32 Å². The number of para-hydroxylation sites is 1. The molecule has 3 aromatic rings. The summed E-state index contributed by atoms with van der Waals surface area (Å²) >= 11 is 0. The van der Waals surface area contributed by atoms with Crippen molar-refractivity contribution in [1.82, 2.24) is 9.97 Å². The number of hydrogen-bond donors (Lipinski definition) is 2. The Morgan fingerprint density at radius 2 is 1.65 bits per heavy atom. The van der Waals surface area contributed by atoms with Gasteiger partial charge in [0, 0.05) is 10.9 Å². The molecule has 0 aliphatic carbocycles. The molecule has 2 N–H and O–H groups in total. The number of aliphatic hydroxyl groups is 1. The molecule has 132 valence electrons. The molecule has 0 bridgehead atoms. The van der Waals surface area contributed by atoms with Gasteiger partial charge in [0.25, 0.3) is 0 Å². The molecule has 2 fully saturated rings. The lowest BCUT2D eigenvalue weighted by Crippen LogP contribution is -2.36. The number of ether oxygens (including phenoxy) is 2. The maximum atomic E-state index is 9.94. The van der Waals surface area contributed by atoms with Crippen molar-refractivity contribution in [3.63, 3.8) is 0 Å². The highest BCUT2D eigenvalue weighted by Gasteiger charge is 2.47. The smallest absolute Gasteiger partial charge is 0.162 e. The highest BCUT2D eigenvalue weighted by Crippen LogP contribution is 2.31. The Labute approximate surface area is 150 Å². The zero-order valence-electron chi connectivity index (χ0n) is 14.1. The lowest BCUT2D eigenvalue weighted by atomic mass is 10.1. The van der Waals surface area contributed by atoms with Crippen LogP contribution in [0.25, 0.3) is 22.3 Å². The van der Waals surface area contributed by atoms with Crippen LogP contribution in [-0.2, 0) is 9.47 Å². The predicted octanol–water partition coefficient (Wildman–Crippen LogP) is 2.24. The lowest BCUT2D eigenvalue weighted by Gasteiger charge is -2.19. The van der Waals surface area contributed by atoms with Gasteiger partial charge >= 0.3 is 0 Å². The van der Waals surface area contributed by atoms with E-state index in [4.69, 9.17) is 19.4 Å². The molecule has 2 aliphatic heterocycles. The van der Waals surface area contributed by atoms with E-state index in [0.29, 0.717) is 19.0 Å². The summed E-state index contributed by atoms with van der Waals surface area (Å²) in [4.78, 5) is 9.48. The van der Waals surface area contributed by atoms with Gasteiger partial charge in [0.2, 0.25) is 0 Å². The third kappa shape index (κ3) is 2.63. The Bertz CT molecular complexity index is 934. The average molecular weight is 349 g/mol. The maximum Gasteiger partial charge on any atom is 0.162 e. The largest absolute Gasteiger partial charge is 0.388 e. The summed E-state index contributed by atoms with van der Waals surface area (Å²) in [6, 6.07) is 17.8. The Morgan fingerprint density at radius 1 is 0.885 bits per heavy atom. The second-order valence-electron chi connectivity index (χ2n) is 6.69. The van der Waals surface area contributed by atoms with E-state index in [9.17, 15) is 5.11 Å². The van der Waals surface area contributed by atoms with Crippen molar-refractivity contribution in [2.45, 2.75) is 24.4 Å². The number of aliphatic hydroxyl groups excluding tert-OH is 1. The predicted molar refractivity (Wildman–Crippen MR) is 97.9 cm³/mol. The summed E-state index contributed by atoms with van der Waals surface area (Å²) in [5.74, 6) is 1.43. The van der Waals surface area contributed by atoms with E-state index in [1.54, 1.807) is 0 Å². The summed E-state index contributed by atoms with van der Waals surface area (Å²) in [7, 11) is 0. The van der Waals surface area contributed by atoms with Gasteiger partial charge in [0.15, 0.2) is 5.82 Å². The zero-order chi connectivity index (χ0) is 17.5. The van der Waals surface area contributed by atoms with Crippen LogP contribution in [0.2, 0.25) is 0 Å². The number of nitrogens with one attached hydrogen (secondary N) is 1. The second-order valence-corrected chi connectivity index (χ2v) is 6.69. The number of hydrogen-bond acceptors (Lipinski definition) is 6. The van der Waals surface area contributed by atoms with E-state index < -0.39 is 6.10 Å². The van der Waals surface area contributed by atoms with Crippen molar-refractivity contribution < 1.29 is 14.6 Å². The van der Waals surface area contributed by atoms with Gasteiger partial charge in [-0.25, -0.2) is 9.97 Å². The van der Waals surface area contributed by atoms with Gasteiger partial charge in [-0.15, -0.1) is 0 Å². The minimum absolute atomic E-state index is 0.0564. The highest BCUT2D eigenvalue weighted by molar-refractivity contribution is 5.90. The second kappa shape index (κ2) is 6.32. The SMILES string of the molecule is O[C@@H]1CO[C@H]2[C@@H]1OC[C@H]2Nc1nc(-c2ccccc2)nc2ccccc12. The van der Waals surface area contributed by atoms with Gasteiger partial charge in [-0.2, -0.15) is 0 Å². The minimum atomic E-state index is -0.561. The van der Waals surface area contributed by atoms with Crippen molar-refractivity contribution in [1.29, 1.82) is 0 Å². The first-order valence-electron chi connectivity index (χ1n) is 8.79. The molecule has 2 aliphatic rings. The summed E-state index contributed by atoms with van der Waals surface area (Å²) in [6.45, 7) is 0.790. The summed E-state index contributed by atoms with van der Waals surface area (Å²) in [6.07, 6.45) is -0.998. The Morgan fingerprint density at radius 3 is 2.54 bits per heavy atom. The third-order valence-electron chi connectivity index (χ3n) is 4.98. The molecule has 0 radical (unpaired) electrons. The van der Waals surface area contributed by atoms with Crippen LogP contribution in [0.1, 0.15) is 0 Å². The van der Waals surface area contributed by atoms with E-state index in [1.165, 1.54) is 0 Å². The van der Waals surface area contributed by atoms with Crippen LogP contribution in [0.5, 0.6) is 0 Å². The van der Waals surface area contributed by atoms with Crippen LogP contribution in [-0.4, -0.2) is 52.6 Å². The van der Waals surface area contributed by atoms with Gasteiger partial charge in [-0.1, -0.05) is 42.5 Å². The van der Waals surface area contributed by atoms with Crippen LogP contribution >= 0.6 is 0 Å². The number of benzene rings is 2. The van der Waals surface area contributed by atoms with Crippen LogP contribution in [0.4, 0.5) is 5.82 Å². The Balaban J connectivity index is 1.54. The standard InChI is InChI=1S/C20H19N3O3/c24-16-11-26-17-15(10-25-18(16)17)22-20-13-8-4-5-9-14(13)21-19(23-20)12-6-2-1-3-7-12/h1-9,15-18,24H,10-11H2,(H,21,22,23)/t15-,16-,17-,18-/m1/s1. The topological polar surface area (TPSA) is 76.5 Å². The zero-order valence-corrected chi connectivity index (χ0v) is 14.1. The fourth-order valence-electron chi connectivity index (χ4n) is 3.68. The molecule has 0 amide bonds. The van der Waals surface area contributed by atoms with Crippen molar-refractivity contribution in [3.05, 3.63) is 54.6 Å². The molecule has 2 aromatic carbocycles. The van der Waals surface area contributed by atoms with Gasteiger partial charge in [0.05, 0.1) is 24.8 Å². The molecule has 26 heavy (non-hydrogen) atoms. The Kier molecular flexibility index (Phi) is 3.81. The molecule has 2 saturated heterocycles. The average Bonchev–Trinajstić information content (AvgIpc) is 3.26. The van der Waals surface area contributed by atoms with Crippen molar-refractivity contribution >= 4 is 16.7 Å². The number of rotatable bonds is 3. The first-order chi connectivity index (χ1) is 12.8. The van der Waals surface area contributed by atoms with E-state index in [1.807, 2.05) is 54.6 Å². The minimum Gasteiger partial charge on any atom is -0.388 e. The van der Waals surface area contributed by atoms with Crippen molar-refractivity contribution in [2.75, 3.05) is 18.5 Å². The van der Waals surface area contributed by atoms with Gasteiger partial charge < -0.3 is 19.9 Å². The third-order valence-corrected chi connectivity index (χ3v) is 4.98. The molecule has 0 saturated carbocycles. The molecule has 5 rings (SSSR count). The molecular formula is C20H19N3O3. The van der Waals surface area contributed by atoms with Gasteiger partial charge in [-0.3, -0.25) is 0 Å². The fourth-order valence-corrected chi connectivity index (χ4v) is 3.68. The molecule has 6 nitrogen and oxygen atoms in total. The number of fused-ring (bicyclic) bond motifs is 2. The fraction of sp³-hybridized carbons (Fsp3) is 0.300. The molecule has 1 aromatic heterocycles. The molecule has 0 spiro atoms. The highest BCUT2D eigenvalue weighted by atomic mass is 16.6. The first-order valence-corrected chi connectivity index (χ1v) is 8.79. The molecule has 4 atom stereocenters. The number of aromatic nitrogens is 2. The number of nitrogens with zero attached hydrogens (tertiary/aromatic N) is 2. The monoisotopic (exact) mass is 349 g/mol. The molecule has 3 heterocycles. The van der Waals surface area contributed by atoms with E-state index in [0.717, 1.165) is 22.3 Å². The summed E-state index contributed by atoms with van der Waals surface area (Å²) in [5.41, 5.74) is 1.85. The molecular weight excluding hydrogens is 330 g/mol. The van der Waals surface area contributed by atoms with E-state index in [-0.39, 0.29) is 18.2 Å². The van der Waals surface area contributed by atoms with Crippen molar-refractivity contribution in [3.8, 4) is 11.4 Å². The normalized spacial score (nSPS) is 27.6. The van der Waals surface area contributed by atoms with Crippen LogP contribution < -0.4 is 5.32 Å². The molecule has 0 unspecified atom stereocenters. The van der Waals surface area contributed by atoms with Gasteiger partial charge in [0.1, 0.15) is 24.1 Å². The summed E-state index contributed by atoms with van der Waals surface area (Å²) in [5, 5.41) is 14.4. The number of anilines is 1. The maximum absolute atomic E-state index is 9.94. The summed E-state index contributed by atoms with van der Waals surface area (Å²) < 4.78 is 11.4. The van der Waals surface area contributed by atoms with Crippen LogP contribution in [0.3, 0.4) is 0 Å². The Hall–Kier alpha value is -2.54. The van der Waals surface area contributed by atoms with Crippen LogP contribution in [0, 0.1) is 0 Å². The quantitative estimate of drug-likeness (QED) is 0.755. The van der Waals surface area contributed by atoms with Crippen LogP contribution in [0.15, 0.2) is 54.6 Å². The molecule has 6 heteroatoms.